The summed E-state index contributed by atoms with van der Waals surface area (Å²) in [4.78, 5) is 4.95. The Hall–Kier alpha value is -2.24. The molecule has 0 aliphatic heterocycles. The van der Waals surface area contributed by atoms with Gasteiger partial charge >= 0.3 is 6.18 Å². The molecule has 0 fully saturated rings. The molecule has 2 rings (SSSR count). The number of rotatable bonds is 3. The summed E-state index contributed by atoms with van der Waals surface area (Å²) < 4.78 is 38.2. The molecule has 6 heteroatoms. The summed E-state index contributed by atoms with van der Waals surface area (Å²) in [5, 5.41) is 0. The number of aryl methyl sites for hydroxylation is 1. The van der Waals surface area contributed by atoms with Crippen LogP contribution in [0.3, 0.4) is 0 Å². The first-order valence-corrected chi connectivity index (χ1v) is 6.48. The summed E-state index contributed by atoms with van der Waals surface area (Å²) >= 11 is 0. The molecule has 0 saturated carbocycles. The Morgan fingerprint density at radius 3 is 2.33 bits per heavy atom. The summed E-state index contributed by atoms with van der Waals surface area (Å²) in [7, 11) is 1.67. The van der Waals surface area contributed by atoms with Crippen molar-refractivity contribution in [1.29, 1.82) is 0 Å². The molecule has 0 unspecified atom stereocenters. The Morgan fingerprint density at radius 2 is 1.81 bits per heavy atom. The molecule has 0 saturated heterocycles. The number of nitrogens with zero attached hydrogens (tertiary/aromatic N) is 2. The van der Waals surface area contributed by atoms with Gasteiger partial charge < -0.3 is 10.6 Å². The van der Waals surface area contributed by atoms with Crippen molar-refractivity contribution in [3.05, 3.63) is 47.8 Å². The Labute approximate surface area is 121 Å². The molecule has 0 amide bonds. The van der Waals surface area contributed by atoms with E-state index in [4.69, 9.17) is 5.73 Å². The number of alkyl halides is 3. The molecular weight excluding hydrogens is 279 g/mol. The van der Waals surface area contributed by atoms with Gasteiger partial charge in [0, 0.05) is 12.7 Å². The second kappa shape index (κ2) is 5.63. The highest BCUT2D eigenvalue weighted by Gasteiger charge is 2.33. The molecule has 0 aliphatic carbocycles. The van der Waals surface area contributed by atoms with Crippen LogP contribution in [0.4, 0.5) is 30.2 Å². The van der Waals surface area contributed by atoms with Crippen molar-refractivity contribution in [2.75, 3.05) is 17.7 Å². The minimum Gasteiger partial charge on any atom is -0.396 e. The second-order valence-electron chi connectivity index (χ2n) is 4.71. The summed E-state index contributed by atoms with van der Waals surface area (Å²) in [6, 6.07) is 8.54. The molecule has 3 nitrogen and oxygen atoms in total. The van der Waals surface area contributed by atoms with E-state index >= 15 is 0 Å². The van der Waals surface area contributed by atoms with Crippen molar-refractivity contribution in [3.8, 4) is 0 Å². The van der Waals surface area contributed by atoms with E-state index in [1.54, 1.807) is 11.9 Å². The minimum atomic E-state index is -4.49. The van der Waals surface area contributed by atoms with Crippen molar-refractivity contribution >= 4 is 17.1 Å². The van der Waals surface area contributed by atoms with Crippen LogP contribution in [0, 0.1) is 0 Å². The maximum atomic E-state index is 12.7. The number of nitrogen functional groups attached to an aromatic ring is 1. The van der Waals surface area contributed by atoms with Gasteiger partial charge in [0.25, 0.3) is 0 Å². The number of benzene rings is 1. The molecule has 21 heavy (non-hydrogen) atoms. The highest BCUT2D eigenvalue weighted by Crippen LogP contribution is 2.34. The van der Waals surface area contributed by atoms with Crippen LogP contribution < -0.4 is 10.6 Å². The van der Waals surface area contributed by atoms with Gasteiger partial charge in [-0.2, -0.15) is 13.2 Å². The van der Waals surface area contributed by atoms with Crippen LogP contribution in [0.1, 0.15) is 18.2 Å². The number of hydrogen-bond donors (Lipinski definition) is 1. The van der Waals surface area contributed by atoms with Crippen LogP contribution in [-0.2, 0) is 12.6 Å². The van der Waals surface area contributed by atoms with Crippen molar-refractivity contribution in [1.82, 2.24) is 4.98 Å². The Bertz CT molecular complexity index is 621. The van der Waals surface area contributed by atoms with E-state index in [0.717, 1.165) is 29.9 Å². The Balaban J connectivity index is 2.39. The fourth-order valence-corrected chi connectivity index (χ4v) is 2.00. The number of halogens is 3. The zero-order valence-corrected chi connectivity index (χ0v) is 11.8. The SMILES string of the molecule is CCc1ccc(N(C)c2cc(C(F)(F)F)ncc2N)cc1. The maximum absolute atomic E-state index is 12.7. The van der Waals surface area contributed by atoms with Gasteiger partial charge in [-0.15, -0.1) is 0 Å². The lowest BCUT2D eigenvalue weighted by Crippen LogP contribution is -2.15. The van der Waals surface area contributed by atoms with Gasteiger partial charge in [-0.25, -0.2) is 4.98 Å². The van der Waals surface area contributed by atoms with Gasteiger partial charge in [0.15, 0.2) is 0 Å². The molecule has 112 valence electrons. The third kappa shape index (κ3) is 3.26. The average molecular weight is 295 g/mol. The number of nitrogens with two attached hydrogens (primary N) is 1. The Kier molecular flexibility index (Phi) is 4.06. The number of anilines is 3. The van der Waals surface area contributed by atoms with E-state index in [9.17, 15) is 13.2 Å². The molecule has 0 atom stereocenters. The largest absolute Gasteiger partial charge is 0.433 e. The smallest absolute Gasteiger partial charge is 0.396 e. The highest BCUT2D eigenvalue weighted by atomic mass is 19.4. The predicted octanol–water partition coefficient (Wildman–Crippen LogP) is 4.01. The van der Waals surface area contributed by atoms with E-state index < -0.39 is 11.9 Å². The fraction of sp³-hybridized carbons (Fsp3) is 0.267. The molecule has 0 radical (unpaired) electrons. The molecule has 0 bridgehead atoms. The first-order chi connectivity index (χ1) is 9.82. The second-order valence-corrected chi connectivity index (χ2v) is 4.71. The van der Waals surface area contributed by atoms with Gasteiger partial charge in [-0.3, -0.25) is 0 Å². The van der Waals surface area contributed by atoms with Crippen LogP contribution in [-0.4, -0.2) is 12.0 Å². The average Bonchev–Trinajstić information content (AvgIpc) is 2.46. The van der Waals surface area contributed by atoms with E-state index in [0.29, 0.717) is 0 Å². The van der Waals surface area contributed by atoms with Gasteiger partial charge in [-0.05, 0) is 30.2 Å². The lowest BCUT2D eigenvalue weighted by molar-refractivity contribution is -0.141. The summed E-state index contributed by atoms with van der Waals surface area (Å²) in [6.07, 6.45) is -2.55. The topological polar surface area (TPSA) is 42.2 Å². The van der Waals surface area contributed by atoms with Crippen LogP contribution in [0.2, 0.25) is 0 Å². The standard InChI is InChI=1S/C15H16F3N3/c1-3-10-4-6-11(7-5-10)21(2)13-8-14(15(16,17)18)20-9-12(13)19/h4-9H,3,19H2,1-2H3. The number of hydrogen-bond acceptors (Lipinski definition) is 3. The van der Waals surface area contributed by atoms with E-state index in [1.807, 2.05) is 31.2 Å². The molecule has 2 N–H and O–H groups in total. The molecule has 1 aromatic heterocycles. The summed E-state index contributed by atoms with van der Waals surface area (Å²) in [5.41, 5.74) is 7.20. The van der Waals surface area contributed by atoms with Crippen LogP contribution in [0.5, 0.6) is 0 Å². The fourth-order valence-electron chi connectivity index (χ4n) is 2.00. The molecule has 1 heterocycles. The maximum Gasteiger partial charge on any atom is 0.433 e. The quantitative estimate of drug-likeness (QED) is 0.930. The van der Waals surface area contributed by atoms with Gasteiger partial charge in [0.05, 0.1) is 17.6 Å². The van der Waals surface area contributed by atoms with Crippen molar-refractivity contribution in [2.45, 2.75) is 19.5 Å². The molecule has 0 aliphatic rings. The third-order valence-corrected chi connectivity index (χ3v) is 3.30. The summed E-state index contributed by atoms with van der Waals surface area (Å²) in [5.74, 6) is 0. The molecule has 2 aromatic rings. The van der Waals surface area contributed by atoms with E-state index in [2.05, 4.69) is 4.98 Å². The van der Waals surface area contributed by atoms with Gasteiger partial charge in [0.1, 0.15) is 5.69 Å². The lowest BCUT2D eigenvalue weighted by atomic mass is 10.1. The van der Waals surface area contributed by atoms with Crippen molar-refractivity contribution < 1.29 is 13.2 Å². The van der Waals surface area contributed by atoms with E-state index in [1.165, 1.54) is 0 Å². The Morgan fingerprint density at radius 1 is 1.19 bits per heavy atom. The number of pyridine rings is 1. The van der Waals surface area contributed by atoms with Crippen molar-refractivity contribution in [3.63, 3.8) is 0 Å². The molecular formula is C15H16F3N3. The normalized spacial score (nSPS) is 11.5. The molecule has 1 aromatic carbocycles. The zero-order chi connectivity index (χ0) is 15.6. The van der Waals surface area contributed by atoms with Crippen LogP contribution >= 0.6 is 0 Å². The first-order valence-electron chi connectivity index (χ1n) is 6.48. The van der Waals surface area contributed by atoms with Gasteiger partial charge in [-0.1, -0.05) is 19.1 Å². The minimum absolute atomic E-state index is 0.199. The van der Waals surface area contributed by atoms with Crippen molar-refractivity contribution in [2.24, 2.45) is 0 Å². The third-order valence-electron chi connectivity index (χ3n) is 3.30. The van der Waals surface area contributed by atoms with E-state index in [-0.39, 0.29) is 11.4 Å². The lowest BCUT2D eigenvalue weighted by Gasteiger charge is -2.22. The predicted molar refractivity (Wildman–Crippen MR) is 77.5 cm³/mol. The molecule has 0 spiro atoms. The monoisotopic (exact) mass is 295 g/mol. The highest BCUT2D eigenvalue weighted by molar-refractivity contribution is 5.74. The van der Waals surface area contributed by atoms with Gasteiger partial charge in [0.2, 0.25) is 0 Å². The number of aromatic nitrogens is 1. The van der Waals surface area contributed by atoms with Crippen LogP contribution in [0.15, 0.2) is 36.5 Å². The van der Waals surface area contributed by atoms with Crippen LogP contribution in [0.25, 0.3) is 0 Å². The summed E-state index contributed by atoms with van der Waals surface area (Å²) in [6.45, 7) is 2.04. The first kappa shape index (κ1) is 15.2. The zero-order valence-electron chi connectivity index (χ0n) is 11.8.